The predicted octanol–water partition coefficient (Wildman–Crippen LogP) is 2.70. The Balaban J connectivity index is 1.98. The molecule has 1 aromatic rings. The van der Waals surface area contributed by atoms with Crippen LogP contribution in [0.15, 0.2) is 24.3 Å². The van der Waals surface area contributed by atoms with Gasteiger partial charge in [-0.25, -0.2) is 0 Å². The van der Waals surface area contributed by atoms with Crippen LogP contribution in [0, 0.1) is 0 Å². The van der Waals surface area contributed by atoms with Gasteiger partial charge < -0.3 is 10.1 Å². The normalized spacial score (nSPS) is 27.5. The quantitative estimate of drug-likeness (QED) is 0.895. The van der Waals surface area contributed by atoms with Gasteiger partial charge in [0.1, 0.15) is 5.75 Å². The molecule has 0 saturated carbocycles. The highest BCUT2D eigenvalue weighted by Crippen LogP contribution is 2.21. The molecule has 0 aromatic heterocycles. The molecule has 1 heterocycles. The number of piperazine rings is 1. The van der Waals surface area contributed by atoms with E-state index in [1.807, 2.05) is 12.1 Å². The maximum atomic E-state index is 5.44. The molecule has 1 fully saturated rings. The summed E-state index contributed by atoms with van der Waals surface area (Å²) in [5.41, 5.74) is 1.56. The Bertz CT molecular complexity index is 435. The van der Waals surface area contributed by atoms with Crippen molar-refractivity contribution in [1.29, 1.82) is 0 Å². The van der Waals surface area contributed by atoms with Crippen LogP contribution < -0.4 is 10.1 Å². The summed E-state index contributed by atoms with van der Waals surface area (Å²) in [7, 11) is 1.75. The zero-order valence-electron chi connectivity index (χ0n) is 13.3. The van der Waals surface area contributed by atoms with Crippen LogP contribution in [0.25, 0.3) is 0 Å². The summed E-state index contributed by atoms with van der Waals surface area (Å²) >= 11 is 0. The van der Waals surface area contributed by atoms with E-state index in [9.17, 15) is 0 Å². The average molecular weight is 276 g/mol. The van der Waals surface area contributed by atoms with Crippen molar-refractivity contribution in [2.45, 2.75) is 45.2 Å². The maximum absolute atomic E-state index is 5.44. The third kappa shape index (κ3) is 3.53. The van der Waals surface area contributed by atoms with Crippen molar-refractivity contribution in [2.24, 2.45) is 0 Å². The molecule has 1 saturated heterocycles. The molecular formula is C17H28N2O. The molecule has 2 atom stereocenters. The molecule has 0 amide bonds. The van der Waals surface area contributed by atoms with Crippen LogP contribution in [0.4, 0.5) is 0 Å². The minimum Gasteiger partial charge on any atom is -0.496 e. The van der Waals surface area contributed by atoms with E-state index in [2.05, 4.69) is 43.1 Å². The fraction of sp³-hybridized carbons (Fsp3) is 0.647. The van der Waals surface area contributed by atoms with Crippen LogP contribution in [-0.4, -0.2) is 43.2 Å². The first-order valence-corrected chi connectivity index (χ1v) is 7.69. The van der Waals surface area contributed by atoms with Gasteiger partial charge in [0.2, 0.25) is 0 Å². The minimum atomic E-state index is 0.257. The fourth-order valence-electron chi connectivity index (χ4n) is 2.89. The number of hydrogen-bond acceptors (Lipinski definition) is 3. The minimum absolute atomic E-state index is 0.257. The Morgan fingerprint density at radius 2 is 2.15 bits per heavy atom. The van der Waals surface area contributed by atoms with Gasteiger partial charge >= 0.3 is 0 Å². The molecular weight excluding hydrogens is 248 g/mol. The van der Waals surface area contributed by atoms with Gasteiger partial charge in [0, 0.05) is 31.2 Å². The van der Waals surface area contributed by atoms with Crippen molar-refractivity contribution < 1.29 is 4.74 Å². The van der Waals surface area contributed by atoms with Gasteiger partial charge in [-0.3, -0.25) is 4.90 Å². The highest BCUT2D eigenvalue weighted by Gasteiger charge is 2.32. The number of para-hydroxylation sites is 1. The second-order valence-electron chi connectivity index (χ2n) is 6.18. The zero-order valence-corrected chi connectivity index (χ0v) is 13.3. The van der Waals surface area contributed by atoms with Crippen molar-refractivity contribution in [2.75, 3.05) is 26.7 Å². The van der Waals surface area contributed by atoms with E-state index < -0.39 is 0 Å². The Kier molecular flexibility index (Phi) is 5.06. The van der Waals surface area contributed by atoms with Gasteiger partial charge in [-0.15, -0.1) is 0 Å². The summed E-state index contributed by atoms with van der Waals surface area (Å²) in [6.45, 7) is 10.2. The largest absolute Gasteiger partial charge is 0.496 e. The predicted molar refractivity (Wildman–Crippen MR) is 84.4 cm³/mol. The lowest BCUT2D eigenvalue weighted by Gasteiger charge is -2.45. The van der Waals surface area contributed by atoms with Crippen LogP contribution >= 0.6 is 0 Å². The van der Waals surface area contributed by atoms with E-state index in [0.29, 0.717) is 6.04 Å². The highest BCUT2D eigenvalue weighted by atomic mass is 16.5. The van der Waals surface area contributed by atoms with Crippen LogP contribution in [0.2, 0.25) is 0 Å². The number of nitrogens with one attached hydrogen (secondary N) is 1. The number of hydrogen-bond donors (Lipinski definition) is 1. The SMILES string of the molecule is CCC1(C)CN(CCc2ccccc2OC)C(C)CN1. The lowest BCUT2D eigenvalue weighted by Crippen LogP contribution is -2.62. The number of nitrogens with zero attached hydrogens (tertiary/aromatic N) is 1. The Hall–Kier alpha value is -1.06. The first-order chi connectivity index (χ1) is 9.58. The van der Waals surface area contributed by atoms with Crippen LogP contribution in [-0.2, 0) is 6.42 Å². The molecule has 112 valence electrons. The van der Waals surface area contributed by atoms with Crippen molar-refractivity contribution in [3.8, 4) is 5.75 Å². The van der Waals surface area contributed by atoms with E-state index in [-0.39, 0.29) is 5.54 Å². The topological polar surface area (TPSA) is 24.5 Å². The maximum Gasteiger partial charge on any atom is 0.122 e. The number of rotatable bonds is 5. The Labute approximate surface area is 123 Å². The van der Waals surface area contributed by atoms with Gasteiger partial charge in [0.05, 0.1) is 7.11 Å². The molecule has 2 rings (SSSR count). The van der Waals surface area contributed by atoms with E-state index in [1.54, 1.807) is 7.11 Å². The average Bonchev–Trinajstić information content (AvgIpc) is 2.48. The molecule has 3 nitrogen and oxygen atoms in total. The van der Waals surface area contributed by atoms with Crippen LogP contribution in [0.5, 0.6) is 5.75 Å². The Morgan fingerprint density at radius 3 is 2.85 bits per heavy atom. The van der Waals surface area contributed by atoms with Crippen molar-refractivity contribution in [3.63, 3.8) is 0 Å². The fourth-order valence-corrected chi connectivity index (χ4v) is 2.89. The van der Waals surface area contributed by atoms with Gasteiger partial charge in [-0.05, 0) is 38.3 Å². The van der Waals surface area contributed by atoms with Crippen molar-refractivity contribution in [3.05, 3.63) is 29.8 Å². The van der Waals surface area contributed by atoms with Crippen LogP contribution in [0.3, 0.4) is 0 Å². The number of methoxy groups -OCH3 is 1. The lowest BCUT2D eigenvalue weighted by atomic mass is 9.93. The highest BCUT2D eigenvalue weighted by molar-refractivity contribution is 5.33. The van der Waals surface area contributed by atoms with E-state index in [1.165, 1.54) is 12.0 Å². The summed E-state index contributed by atoms with van der Waals surface area (Å²) in [5, 5.41) is 3.68. The monoisotopic (exact) mass is 276 g/mol. The molecule has 1 aromatic carbocycles. The van der Waals surface area contributed by atoms with Crippen molar-refractivity contribution in [1.82, 2.24) is 10.2 Å². The van der Waals surface area contributed by atoms with Crippen LogP contribution in [0.1, 0.15) is 32.8 Å². The number of benzene rings is 1. The zero-order chi connectivity index (χ0) is 14.6. The Morgan fingerprint density at radius 1 is 1.40 bits per heavy atom. The third-order valence-electron chi connectivity index (χ3n) is 4.64. The third-order valence-corrected chi connectivity index (χ3v) is 4.64. The van der Waals surface area contributed by atoms with Gasteiger partial charge in [-0.2, -0.15) is 0 Å². The molecule has 0 radical (unpaired) electrons. The summed E-state index contributed by atoms with van der Waals surface area (Å²) in [6.07, 6.45) is 2.22. The summed E-state index contributed by atoms with van der Waals surface area (Å²) in [5.74, 6) is 1.01. The smallest absolute Gasteiger partial charge is 0.122 e. The summed E-state index contributed by atoms with van der Waals surface area (Å²) in [6, 6.07) is 8.95. The second kappa shape index (κ2) is 6.59. The lowest BCUT2D eigenvalue weighted by molar-refractivity contribution is 0.0942. The molecule has 0 bridgehead atoms. The molecule has 0 spiro atoms. The molecule has 1 aliphatic heterocycles. The molecule has 1 N–H and O–H groups in total. The van der Waals surface area contributed by atoms with Crippen molar-refractivity contribution >= 4 is 0 Å². The van der Waals surface area contributed by atoms with Gasteiger partial charge in [0.25, 0.3) is 0 Å². The first kappa shape index (κ1) is 15.3. The first-order valence-electron chi connectivity index (χ1n) is 7.69. The molecule has 20 heavy (non-hydrogen) atoms. The molecule has 1 aliphatic rings. The standard InChI is InChI=1S/C17H28N2O/c1-5-17(3)13-19(14(2)12-18-17)11-10-15-8-6-7-9-16(15)20-4/h6-9,14,18H,5,10-13H2,1-4H3. The second-order valence-corrected chi connectivity index (χ2v) is 6.18. The van der Waals surface area contributed by atoms with Gasteiger partial charge in [0.15, 0.2) is 0 Å². The molecule has 2 unspecified atom stereocenters. The summed E-state index contributed by atoms with van der Waals surface area (Å²) < 4.78 is 5.44. The molecule has 3 heteroatoms. The van der Waals surface area contributed by atoms with E-state index >= 15 is 0 Å². The van der Waals surface area contributed by atoms with E-state index in [0.717, 1.165) is 31.8 Å². The molecule has 0 aliphatic carbocycles. The van der Waals surface area contributed by atoms with Gasteiger partial charge in [-0.1, -0.05) is 25.1 Å². The van der Waals surface area contributed by atoms with E-state index in [4.69, 9.17) is 4.74 Å². The number of ether oxygens (including phenoxy) is 1. The summed E-state index contributed by atoms with van der Waals surface area (Å²) in [4.78, 5) is 2.60.